The smallest absolute Gasteiger partial charge is 0.269 e. The number of nitrogens with one attached hydrogen (secondary N) is 1. The first-order valence-corrected chi connectivity index (χ1v) is 9.36. The second kappa shape index (κ2) is 7.62. The molecule has 0 aliphatic heterocycles. The molecule has 6 nitrogen and oxygen atoms in total. The molecule has 0 unspecified atom stereocenters. The number of nitro groups is 1. The van der Waals surface area contributed by atoms with Crippen LogP contribution >= 0.6 is 23.1 Å². The molecule has 3 rings (SSSR count). The summed E-state index contributed by atoms with van der Waals surface area (Å²) in [5.74, 6) is 0.691. The van der Waals surface area contributed by atoms with Crippen molar-refractivity contribution in [3.63, 3.8) is 0 Å². The highest BCUT2D eigenvalue weighted by molar-refractivity contribution is 8.00. The molecule has 0 amide bonds. The quantitative estimate of drug-likeness (QED) is 0.368. The van der Waals surface area contributed by atoms with Crippen molar-refractivity contribution in [1.29, 1.82) is 0 Å². The number of anilines is 2. The highest BCUT2D eigenvalue weighted by Crippen LogP contribution is 2.31. The van der Waals surface area contributed by atoms with Crippen LogP contribution in [-0.4, -0.2) is 15.1 Å². The van der Waals surface area contributed by atoms with Crippen molar-refractivity contribution in [2.24, 2.45) is 0 Å². The number of non-ortho nitro benzene ring substituents is 1. The molecular formula is C17H16N4O2S2. The third-order valence-electron chi connectivity index (χ3n) is 3.76. The van der Waals surface area contributed by atoms with Gasteiger partial charge in [-0.25, -0.2) is 0 Å². The van der Waals surface area contributed by atoms with Gasteiger partial charge in [0.1, 0.15) is 0 Å². The number of hydrogen-bond acceptors (Lipinski definition) is 7. The summed E-state index contributed by atoms with van der Waals surface area (Å²) in [6, 6.07) is 12.7. The first-order chi connectivity index (χ1) is 12.0. The summed E-state index contributed by atoms with van der Waals surface area (Å²) < 4.78 is 0.853. The van der Waals surface area contributed by atoms with Crippen LogP contribution in [0.4, 0.5) is 16.5 Å². The Labute approximate surface area is 153 Å². The standard InChI is InChI=1S/C17H16N4O2S2/c1-11-4-3-5-15(12(11)2)18-16-19-20-17(25-16)24-10-13-6-8-14(9-7-13)21(22)23/h3-9H,10H2,1-2H3,(H,18,19). The van der Waals surface area contributed by atoms with Crippen LogP contribution in [0.15, 0.2) is 46.8 Å². The van der Waals surface area contributed by atoms with Crippen molar-refractivity contribution in [3.05, 3.63) is 69.3 Å². The molecule has 1 heterocycles. The lowest BCUT2D eigenvalue weighted by atomic mass is 10.1. The summed E-state index contributed by atoms with van der Waals surface area (Å²) >= 11 is 3.05. The van der Waals surface area contributed by atoms with Gasteiger partial charge in [-0.1, -0.05) is 47.4 Å². The minimum absolute atomic E-state index is 0.102. The van der Waals surface area contributed by atoms with Crippen LogP contribution in [0.5, 0.6) is 0 Å². The largest absolute Gasteiger partial charge is 0.330 e. The van der Waals surface area contributed by atoms with Gasteiger partial charge in [-0.05, 0) is 36.6 Å². The first kappa shape index (κ1) is 17.4. The van der Waals surface area contributed by atoms with E-state index >= 15 is 0 Å². The minimum atomic E-state index is -0.396. The maximum Gasteiger partial charge on any atom is 0.269 e. The van der Waals surface area contributed by atoms with Crippen molar-refractivity contribution in [3.8, 4) is 0 Å². The molecule has 2 aromatic carbocycles. The van der Waals surface area contributed by atoms with E-state index in [0.29, 0.717) is 5.75 Å². The molecular weight excluding hydrogens is 356 g/mol. The monoisotopic (exact) mass is 372 g/mol. The molecule has 0 atom stereocenters. The second-order valence-electron chi connectivity index (χ2n) is 5.46. The lowest BCUT2D eigenvalue weighted by molar-refractivity contribution is -0.384. The van der Waals surface area contributed by atoms with E-state index in [-0.39, 0.29) is 5.69 Å². The van der Waals surface area contributed by atoms with Crippen molar-refractivity contribution >= 4 is 39.6 Å². The zero-order valence-electron chi connectivity index (χ0n) is 13.7. The first-order valence-electron chi connectivity index (χ1n) is 7.56. The predicted octanol–water partition coefficient (Wildman–Crippen LogP) is 5.10. The third-order valence-corrected chi connectivity index (χ3v) is 5.81. The fraction of sp³-hybridized carbons (Fsp3) is 0.176. The van der Waals surface area contributed by atoms with Gasteiger partial charge in [-0.2, -0.15) is 0 Å². The van der Waals surface area contributed by atoms with E-state index in [0.717, 1.165) is 20.7 Å². The van der Waals surface area contributed by atoms with E-state index < -0.39 is 4.92 Å². The Morgan fingerprint density at radius 2 is 1.92 bits per heavy atom. The number of hydrogen-bond donors (Lipinski definition) is 1. The minimum Gasteiger partial charge on any atom is -0.330 e. The molecule has 0 saturated heterocycles. The zero-order chi connectivity index (χ0) is 17.8. The summed E-state index contributed by atoms with van der Waals surface area (Å²) in [5, 5.41) is 23.1. The molecule has 128 valence electrons. The van der Waals surface area contributed by atoms with E-state index in [1.165, 1.54) is 34.6 Å². The predicted molar refractivity (Wildman–Crippen MR) is 102 cm³/mol. The van der Waals surface area contributed by atoms with Crippen LogP contribution in [-0.2, 0) is 5.75 Å². The van der Waals surface area contributed by atoms with Crippen molar-refractivity contribution in [2.75, 3.05) is 5.32 Å². The molecule has 0 aliphatic rings. The summed E-state index contributed by atoms with van der Waals surface area (Å²) in [6.45, 7) is 4.15. The fourth-order valence-corrected chi connectivity index (χ4v) is 3.90. The molecule has 0 aliphatic carbocycles. The van der Waals surface area contributed by atoms with Gasteiger partial charge in [0.2, 0.25) is 5.13 Å². The molecule has 1 aromatic heterocycles. The zero-order valence-corrected chi connectivity index (χ0v) is 15.4. The Bertz CT molecular complexity index is 894. The van der Waals surface area contributed by atoms with Crippen LogP contribution in [0.1, 0.15) is 16.7 Å². The van der Waals surface area contributed by atoms with Crippen LogP contribution < -0.4 is 5.32 Å². The lowest BCUT2D eigenvalue weighted by Gasteiger charge is -2.08. The average molecular weight is 372 g/mol. The van der Waals surface area contributed by atoms with E-state index in [9.17, 15) is 10.1 Å². The van der Waals surface area contributed by atoms with Gasteiger partial charge >= 0.3 is 0 Å². The van der Waals surface area contributed by atoms with Gasteiger partial charge in [0.05, 0.1) is 4.92 Å². The van der Waals surface area contributed by atoms with Crippen molar-refractivity contribution in [1.82, 2.24) is 10.2 Å². The highest BCUT2D eigenvalue weighted by Gasteiger charge is 2.09. The van der Waals surface area contributed by atoms with Gasteiger partial charge in [-0.3, -0.25) is 10.1 Å². The Morgan fingerprint density at radius 1 is 1.16 bits per heavy atom. The Balaban J connectivity index is 1.62. The van der Waals surface area contributed by atoms with Gasteiger partial charge in [0, 0.05) is 23.6 Å². The molecule has 1 N–H and O–H groups in total. The number of aryl methyl sites for hydroxylation is 1. The normalized spacial score (nSPS) is 10.6. The van der Waals surface area contributed by atoms with Gasteiger partial charge < -0.3 is 5.32 Å². The summed E-state index contributed by atoms with van der Waals surface area (Å²) in [6.07, 6.45) is 0. The van der Waals surface area contributed by atoms with E-state index in [4.69, 9.17) is 0 Å². The number of benzene rings is 2. The molecule has 8 heteroatoms. The van der Waals surface area contributed by atoms with Crippen molar-refractivity contribution < 1.29 is 4.92 Å². The topological polar surface area (TPSA) is 81.0 Å². The summed E-state index contributed by atoms with van der Waals surface area (Å²) in [4.78, 5) is 10.3. The number of nitrogens with zero attached hydrogens (tertiary/aromatic N) is 3. The maximum absolute atomic E-state index is 10.7. The molecule has 0 fully saturated rings. The van der Waals surface area contributed by atoms with E-state index in [1.807, 2.05) is 12.1 Å². The maximum atomic E-state index is 10.7. The Morgan fingerprint density at radius 3 is 2.64 bits per heavy atom. The van der Waals surface area contributed by atoms with Gasteiger partial charge in [0.15, 0.2) is 4.34 Å². The molecule has 0 radical (unpaired) electrons. The number of rotatable bonds is 6. The molecule has 0 saturated carbocycles. The number of aromatic nitrogens is 2. The highest BCUT2D eigenvalue weighted by atomic mass is 32.2. The molecule has 25 heavy (non-hydrogen) atoms. The molecule has 0 spiro atoms. The van der Waals surface area contributed by atoms with Crippen LogP contribution in [0.3, 0.4) is 0 Å². The van der Waals surface area contributed by atoms with Crippen LogP contribution in [0, 0.1) is 24.0 Å². The Hall–Kier alpha value is -2.45. The Kier molecular flexibility index (Phi) is 5.30. The third kappa shape index (κ3) is 4.34. The molecule has 3 aromatic rings. The van der Waals surface area contributed by atoms with Gasteiger partial charge in [-0.15, -0.1) is 10.2 Å². The fourth-order valence-electron chi connectivity index (χ4n) is 2.18. The average Bonchev–Trinajstić information content (AvgIpc) is 3.05. The van der Waals surface area contributed by atoms with Crippen molar-refractivity contribution in [2.45, 2.75) is 23.9 Å². The summed E-state index contributed by atoms with van der Waals surface area (Å²) in [5.41, 5.74) is 4.56. The summed E-state index contributed by atoms with van der Waals surface area (Å²) in [7, 11) is 0. The number of thioether (sulfide) groups is 1. The lowest BCUT2D eigenvalue weighted by Crippen LogP contribution is -1.94. The second-order valence-corrected chi connectivity index (χ2v) is 7.66. The molecule has 0 bridgehead atoms. The SMILES string of the molecule is Cc1cccc(Nc2nnc(SCc3ccc([N+](=O)[O-])cc3)s2)c1C. The van der Waals surface area contributed by atoms with Gasteiger partial charge in [0.25, 0.3) is 5.69 Å². The van der Waals surface area contributed by atoms with Crippen LogP contribution in [0.25, 0.3) is 0 Å². The van der Waals surface area contributed by atoms with Crippen LogP contribution in [0.2, 0.25) is 0 Å². The van der Waals surface area contributed by atoms with E-state index in [1.54, 1.807) is 23.9 Å². The van der Waals surface area contributed by atoms with E-state index in [2.05, 4.69) is 35.4 Å². The number of nitro benzene ring substituents is 1.